The Balaban J connectivity index is 1.23. The number of aliphatic hydroxyl groups is 1. The maximum atomic E-state index is 12.9. The maximum Gasteiger partial charge on any atom is 0.409 e. The number of rotatable bonds is 5. The molecule has 1 amide bonds. The van der Waals surface area contributed by atoms with Crippen molar-refractivity contribution in [3.8, 4) is 11.1 Å². The zero-order valence-electron chi connectivity index (χ0n) is 18.1. The van der Waals surface area contributed by atoms with Gasteiger partial charge in [-0.25, -0.2) is 4.79 Å². The minimum atomic E-state index is -0.609. The van der Waals surface area contributed by atoms with Crippen LogP contribution in [0.4, 0.5) is 4.79 Å². The Kier molecular flexibility index (Phi) is 5.64. The Morgan fingerprint density at radius 1 is 1.03 bits per heavy atom. The quantitative estimate of drug-likeness (QED) is 0.672. The molecule has 3 aromatic rings. The highest BCUT2D eigenvalue weighted by atomic mass is 16.6. The van der Waals surface area contributed by atoms with Gasteiger partial charge in [-0.2, -0.15) is 0 Å². The Labute approximate surface area is 188 Å². The van der Waals surface area contributed by atoms with Gasteiger partial charge in [0, 0.05) is 31.4 Å². The molecular weight excluding hydrogens is 402 g/mol. The minimum Gasteiger partial charge on any atom is -0.448 e. The summed E-state index contributed by atoms with van der Waals surface area (Å²) >= 11 is 0. The van der Waals surface area contributed by atoms with E-state index in [0.717, 1.165) is 5.56 Å². The average molecular weight is 430 g/mol. The molecule has 1 N–H and O–H groups in total. The van der Waals surface area contributed by atoms with Crippen molar-refractivity contribution in [3.63, 3.8) is 0 Å². The number of fused-ring (bicyclic) bond motifs is 3. The number of carbonyl (C=O) groups excluding carboxylic acids is 1. The zero-order chi connectivity index (χ0) is 22.1. The number of hydrogen-bond donors (Lipinski definition) is 1. The van der Waals surface area contributed by atoms with Gasteiger partial charge in [0.25, 0.3) is 0 Å². The normalized spacial score (nSPS) is 19.8. The van der Waals surface area contributed by atoms with Crippen LogP contribution in [-0.4, -0.2) is 64.9 Å². The van der Waals surface area contributed by atoms with E-state index < -0.39 is 6.10 Å². The summed E-state index contributed by atoms with van der Waals surface area (Å²) in [5.41, 5.74) is 5.92. The van der Waals surface area contributed by atoms with Gasteiger partial charge in [0.2, 0.25) is 0 Å². The number of β-amino-alcohol motifs (C(OH)–C–C–N with tert-alkyl or cyclic N) is 1. The smallest absolute Gasteiger partial charge is 0.409 e. The second-order valence-corrected chi connectivity index (χ2v) is 8.61. The monoisotopic (exact) mass is 429 g/mol. The zero-order valence-corrected chi connectivity index (χ0v) is 18.1. The van der Waals surface area contributed by atoms with Crippen LogP contribution in [0, 0.1) is 0 Å². The number of ether oxygens (including phenoxy) is 1. The van der Waals surface area contributed by atoms with Crippen LogP contribution in [0.2, 0.25) is 0 Å². The number of nitrogens with zero attached hydrogens (tertiary/aromatic N) is 3. The van der Waals surface area contributed by atoms with Gasteiger partial charge < -0.3 is 14.7 Å². The molecule has 1 aliphatic carbocycles. The second-order valence-electron chi connectivity index (χ2n) is 8.61. The van der Waals surface area contributed by atoms with Crippen LogP contribution >= 0.6 is 0 Å². The number of likely N-dealkylation sites (N-methyl/N-ethyl adjacent to an activating group) is 1. The highest BCUT2D eigenvalue weighted by Crippen LogP contribution is 2.44. The average Bonchev–Trinajstić information content (AvgIpc) is 3.36. The van der Waals surface area contributed by atoms with Gasteiger partial charge in [0.1, 0.15) is 6.61 Å². The van der Waals surface area contributed by atoms with Gasteiger partial charge in [-0.3, -0.25) is 9.88 Å². The molecule has 2 heterocycles. The van der Waals surface area contributed by atoms with Crippen LogP contribution in [0.15, 0.2) is 73.1 Å². The molecule has 2 atom stereocenters. The van der Waals surface area contributed by atoms with Crippen LogP contribution in [0.25, 0.3) is 11.1 Å². The van der Waals surface area contributed by atoms with Crippen molar-refractivity contribution < 1.29 is 14.6 Å². The van der Waals surface area contributed by atoms with E-state index in [2.05, 4.69) is 34.1 Å². The van der Waals surface area contributed by atoms with E-state index in [9.17, 15) is 9.90 Å². The Hall–Kier alpha value is -3.22. The van der Waals surface area contributed by atoms with E-state index in [-0.39, 0.29) is 31.2 Å². The van der Waals surface area contributed by atoms with E-state index in [4.69, 9.17) is 4.74 Å². The molecule has 1 saturated heterocycles. The Bertz CT molecular complexity index is 1060. The van der Waals surface area contributed by atoms with Gasteiger partial charge in [0.05, 0.1) is 18.7 Å². The van der Waals surface area contributed by atoms with Crippen molar-refractivity contribution in [2.24, 2.45) is 0 Å². The summed E-state index contributed by atoms with van der Waals surface area (Å²) in [5.74, 6) is 0.0315. The number of pyridine rings is 1. The van der Waals surface area contributed by atoms with E-state index in [1.54, 1.807) is 17.3 Å². The van der Waals surface area contributed by atoms with Crippen molar-refractivity contribution in [1.29, 1.82) is 0 Å². The van der Waals surface area contributed by atoms with Crippen molar-refractivity contribution in [2.75, 3.05) is 26.7 Å². The molecule has 0 spiro atoms. The summed E-state index contributed by atoms with van der Waals surface area (Å²) in [7, 11) is 1.97. The van der Waals surface area contributed by atoms with Crippen molar-refractivity contribution in [3.05, 3.63) is 89.7 Å². The van der Waals surface area contributed by atoms with Crippen molar-refractivity contribution >= 4 is 6.09 Å². The lowest BCUT2D eigenvalue weighted by atomic mass is 9.98. The highest BCUT2D eigenvalue weighted by molar-refractivity contribution is 5.79. The molecule has 5 rings (SSSR count). The number of benzene rings is 2. The summed E-state index contributed by atoms with van der Waals surface area (Å²) in [6, 6.07) is 20.4. The van der Waals surface area contributed by atoms with E-state index in [1.165, 1.54) is 22.3 Å². The first-order valence-electron chi connectivity index (χ1n) is 11.0. The summed E-state index contributed by atoms with van der Waals surface area (Å²) in [6.07, 6.45) is 2.54. The molecule has 6 nitrogen and oxygen atoms in total. The standard InChI is InChI=1S/C26H27N3O3/c1-28(14-18-10-12-27-13-11-18)24-15-29(16-25(24)30)26(31)32-17-23-21-8-4-2-6-19(21)20-7-3-5-9-22(20)23/h2-13,23-25,30H,14-17H2,1H3/t24-,25-/m1/s1. The van der Waals surface area contributed by atoms with Gasteiger partial charge in [0.15, 0.2) is 0 Å². The summed E-state index contributed by atoms with van der Waals surface area (Å²) in [4.78, 5) is 20.6. The lowest BCUT2D eigenvalue weighted by Gasteiger charge is -2.26. The third-order valence-corrected chi connectivity index (χ3v) is 6.60. The van der Waals surface area contributed by atoms with Crippen LogP contribution < -0.4 is 0 Å². The van der Waals surface area contributed by atoms with Gasteiger partial charge >= 0.3 is 6.09 Å². The first-order valence-corrected chi connectivity index (χ1v) is 11.0. The fourth-order valence-corrected chi connectivity index (χ4v) is 4.93. The number of likely N-dealkylation sites (tertiary alicyclic amines) is 1. The molecule has 1 fully saturated rings. The van der Waals surface area contributed by atoms with Crippen molar-refractivity contribution in [2.45, 2.75) is 24.6 Å². The minimum absolute atomic E-state index is 0.0315. The van der Waals surface area contributed by atoms with E-state index in [1.807, 2.05) is 43.4 Å². The maximum absolute atomic E-state index is 12.9. The van der Waals surface area contributed by atoms with Gasteiger partial charge in [-0.15, -0.1) is 0 Å². The fourth-order valence-electron chi connectivity index (χ4n) is 4.93. The molecule has 1 aliphatic heterocycles. The molecule has 164 valence electrons. The molecule has 0 saturated carbocycles. The van der Waals surface area contributed by atoms with Crippen molar-refractivity contribution in [1.82, 2.24) is 14.8 Å². The molecule has 0 radical (unpaired) electrons. The molecular formula is C26H27N3O3. The third kappa shape index (κ3) is 3.87. The van der Waals surface area contributed by atoms with Crippen LogP contribution in [0.3, 0.4) is 0 Å². The molecule has 0 bridgehead atoms. The molecule has 0 unspecified atom stereocenters. The van der Waals surface area contributed by atoms with Crippen LogP contribution in [0.1, 0.15) is 22.6 Å². The topological polar surface area (TPSA) is 65.9 Å². The summed E-state index contributed by atoms with van der Waals surface area (Å²) < 4.78 is 5.77. The molecule has 2 aliphatic rings. The number of hydrogen-bond acceptors (Lipinski definition) is 5. The Morgan fingerprint density at radius 2 is 1.66 bits per heavy atom. The van der Waals surface area contributed by atoms with E-state index >= 15 is 0 Å². The number of carbonyl (C=O) groups is 1. The predicted molar refractivity (Wildman–Crippen MR) is 122 cm³/mol. The molecule has 1 aromatic heterocycles. The number of amides is 1. The first-order chi connectivity index (χ1) is 15.6. The predicted octanol–water partition coefficient (Wildman–Crippen LogP) is 3.51. The van der Waals surface area contributed by atoms with E-state index in [0.29, 0.717) is 13.1 Å². The van der Waals surface area contributed by atoms with Gasteiger partial charge in [-0.05, 0) is 47.0 Å². The molecule has 32 heavy (non-hydrogen) atoms. The highest BCUT2D eigenvalue weighted by Gasteiger charge is 2.38. The molecule has 2 aromatic carbocycles. The lowest BCUT2D eigenvalue weighted by molar-refractivity contribution is 0.0921. The second kappa shape index (κ2) is 8.73. The number of aromatic nitrogens is 1. The fraction of sp³-hybridized carbons (Fsp3) is 0.308. The third-order valence-electron chi connectivity index (χ3n) is 6.60. The summed E-state index contributed by atoms with van der Waals surface area (Å²) in [5, 5.41) is 10.6. The lowest BCUT2D eigenvalue weighted by Crippen LogP contribution is -2.40. The summed E-state index contributed by atoms with van der Waals surface area (Å²) in [6.45, 7) is 1.70. The number of aliphatic hydroxyl groups excluding tert-OH is 1. The largest absolute Gasteiger partial charge is 0.448 e. The Morgan fingerprint density at radius 3 is 2.31 bits per heavy atom. The first kappa shape index (κ1) is 20.7. The van der Waals surface area contributed by atoms with Crippen LogP contribution in [-0.2, 0) is 11.3 Å². The molecule has 6 heteroatoms. The SMILES string of the molecule is CN(Cc1ccncc1)[C@@H]1CN(C(=O)OCC2c3ccccc3-c3ccccc32)C[C@H]1O. The van der Waals surface area contributed by atoms with Gasteiger partial charge in [-0.1, -0.05) is 48.5 Å². The van der Waals surface area contributed by atoms with Crippen LogP contribution in [0.5, 0.6) is 0 Å².